The van der Waals surface area contributed by atoms with Gasteiger partial charge in [-0.25, -0.2) is 0 Å². The molecule has 19 heavy (non-hydrogen) atoms. The highest BCUT2D eigenvalue weighted by molar-refractivity contribution is 7.12. The minimum absolute atomic E-state index is 0.0460. The van der Waals surface area contributed by atoms with Crippen LogP contribution < -0.4 is 4.74 Å². The second kappa shape index (κ2) is 5.85. The molecule has 0 saturated heterocycles. The predicted molar refractivity (Wildman–Crippen MR) is 80.2 cm³/mol. The fourth-order valence-electron chi connectivity index (χ4n) is 1.88. The Balaban J connectivity index is 2.18. The topological polar surface area (TPSA) is 26.3 Å². The van der Waals surface area contributed by atoms with Gasteiger partial charge in [0.25, 0.3) is 0 Å². The summed E-state index contributed by atoms with van der Waals surface area (Å²) in [5.74, 6) is 0.835. The van der Waals surface area contributed by atoms with E-state index in [1.54, 1.807) is 24.5 Å². The van der Waals surface area contributed by atoms with Gasteiger partial charge in [0, 0.05) is 15.3 Å². The largest absolute Gasteiger partial charge is 0.497 e. The van der Waals surface area contributed by atoms with E-state index in [4.69, 9.17) is 4.74 Å². The Hall–Kier alpha value is -1.87. The number of allylic oxidation sites excluding steroid dienone is 1. The highest BCUT2D eigenvalue weighted by atomic mass is 32.1. The fourth-order valence-corrected chi connectivity index (χ4v) is 2.81. The van der Waals surface area contributed by atoms with E-state index in [-0.39, 0.29) is 5.78 Å². The van der Waals surface area contributed by atoms with Crippen LogP contribution >= 0.6 is 11.3 Å². The van der Waals surface area contributed by atoms with Crippen molar-refractivity contribution in [2.45, 2.75) is 13.8 Å². The van der Waals surface area contributed by atoms with E-state index in [1.165, 1.54) is 0 Å². The SMILES string of the molecule is COc1cccc(/C=C/C(=O)c2cc(C)sc2C)c1. The summed E-state index contributed by atoms with van der Waals surface area (Å²) in [6.45, 7) is 3.99. The molecular weight excluding hydrogens is 256 g/mol. The number of hydrogen-bond donors (Lipinski definition) is 0. The zero-order chi connectivity index (χ0) is 13.8. The van der Waals surface area contributed by atoms with Gasteiger partial charge in [0.15, 0.2) is 5.78 Å². The van der Waals surface area contributed by atoms with Crippen LogP contribution in [0.25, 0.3) is 6.08 Å². The van der Waals surface area contributed by atoms with Crippen molar-refractivity contribution in [3.05, 3.63) is 57.3 Å². The summed E-state index contributed by atoms with van der Waals surface area (Å²) in [5, 5.41) is 0. The van der Waals surface area contributed by atoms with Crippen LogP contribution in [0.1, 0.15) is 25.7 Å². The normalized spacial score (nSPS) is 10.9. The zero-order valence-electron chi connectivity index (χ0n) is 11.3. The maximum Gasteiger partial charge on any atom is 0.186 e. The molecule has 0 fully saturated rings. The summed E-state index contributed by atoms with van der Waals surface area (Å²) in [5.41, 5.74) is 1.75. The van der Waals surface area contributed by atoms with Crippen LogP contribution in [-0.4, -0.2) is 12.9 Å². The van der Waals surface area contributed by atoms with Crippen molar-refractivity contribution < 1.29 is 9.53 Å². The third kappa shape index (κ3) is 3.32. The third-order valence-corrected chi connectivity index (χ3v) is 3.79. The number of methoxy groups -OCH3 is 1. The lowest BCUT2D eigenvalue weighted by molar-refractivity contribution is 0.104. The van der Waals surface area contributed by atoms with Crippen LogP contribution in [0.4, 0.5) is 0 Å². The van der Waals surface area contributed by atoms with Gasteiger partial charge < -0.3 is 4.74 Å². The smallest absolute Gasteiger partial charge is 0.186 e. The molecule has 0 radical (unpaired) electrons. The molecule has 1 aromatic carbocycles. The van der Waals surface area contributed by atoms with Crippen LogP contribution in [0.5, 0.6) is 5.75 Å². The van der Waals surface area contributed by atoms with Gasteiger partial charge >= 0.3 is 0 Å². The Morgan fingerprint density at radius 2 is 2.05 bits per heavy atom. The molecule has 2 rings (SSSR count). The molecule has 98 valence electrons. The summed E-state index contributed by atoms with van der Waals surface area (Å²) in [7, 11) is 1.63. The van der Waals surface area contributed by atoms with Gasteiger partial charge in [-0.2, -0.15) is 0 Å². The molecule has 2 aromatic rings. The molecule has 0 bridgehead atoms. The number of hydrogen-bond acceptors (Lipinski definition) is 3. The molecule has 3 heteroatoms. The quantitative estimate of drug-likeness (QED) is 0.613. The van der Waals surface area contributed by atoms with Gasteiger partial charge in [-0.15, -0.1) is 11.3 Å². The van der Waals surface area contributed by atoms with E-state index < -0.39 is 0 Å². The first-order valence-electron chi connectivity index (χ1n) is 6.03. The summed E-state index contributed by atoms with van der Waals surface area (Å²) < 4.78 is 5.15. The van der Waals surface area contributed by atoms with Crippen molar-refractivity contribution in [2.75, 3.05) is 7.11 Å². The highest BCUT2D eigenvalue weighted by Crippen LogP contribution is 2.21. The molecule has 0 unspecified atom stereocenters. The van der Waals surface area contributed by atoms with Crippen LogP contribution in [0.15, 0.2) is 36.4 Å². The molecule has 1 heterocycles. The predicted octanol–water partition coefficient (Wildman–Crippen LogP) is 4.27. The summed E-state index contributed by atoms with van der Waals surface area (Å²) in [6, 6.07) is 9.57. The number of carbonyl (C=O) groups excluding carboxylic acids is 1. The number of aryl methyl sites for hydroxylation is 2. The number of carbonyl (C=O) groups is 1. The van der Waals surface area contributed by atoms with Crippen molar-refractivity contribution in [3.8, 4) is 5.75 Å². The van der Waals surface area contributed by atoms with Gasteiger partial charge in [-0.1, -0.05) is 18.2 Å². The fraction of sp³-hybridized carbons (Fsp3) is 0.188. The van der Waals surface area contributed by atoms with E-state index >= 15 is 0 Å². The highest BCUT2D eigenvalue weighted by Gasteiger charge is 2.08. The molecule has 0 amide bonds. The monoisotopic (exact) mass is 272 g/mol. The van der Waals surface area contributed by atoms with Crippen molar-refractivity contribution >= 4 is 23.2 Å². The van der Waals surface area contributed by atoms with E-state index in [9.17, 15) is 4.79 Å². The summed E-state index contributed by atoms with van der Waals surface area (Å²) >= 11 is 1.65. The molecule has 0 aliphatic carbocycles. The van der Waals surface area contributed by atoms with Gasteiger partial charge in [-0.05, 0) is 43.7 Å². The van der Waals surface area contributed by atoms with E-state index in [0.29, 0.717) is 0 Å². The van der Waals surface area contributed by atoms with Gasteiger partial charge in [0.2, 0.25) is 0 Å². The first-order valence-corrected chi connectivity index (χ1v) is 6.85. The average molecular weight is 272 g/mol. The lowest BCUT2D eigenvalue weighted by Crippen LogP contribution is -1.93. The van der Waals surface area contributed by atoms with Crippen LogP contribution in [-0.2, 0) is 0 Å². The van der Waals surface area contributed by atoms with Crippen LogP contribution in [0, 0.1) is 13.8 Å². The number of thiophene rings is 1. The second-order valence-electron chi connectivity index (χ2n) is 4.30. The molecule has 0 saturated carbocycles. The molecule has 0 N–H and O–H groups in total. The number of ketones is 1. The van der Waals surface area contributed by atoms with Crippen molar-refractivity contribution in [1.82, 2.24) is 0 Å². The molecule has 0 spiro atoms. The Morgan fingerprint density at radius 1 is 1.26 bits per heavy atom. The Labute approximate surface area is 117 Å². The van der Waals surface area contributed by atoms with Crippen LogP contribution in [0.3, 0.4) is 0 Å². The van der Waals surface area contributed by atoms with Crippen molar-refractivity contribution in [2.24, 2.45) is 0 Å². The van der Waals surface area contributed by atoms with E-state index in [2.05, 4.69) is 0 Å². The van der Waals surface area contributed by atoms with Crippen molar-refractivity contribution in [1.29, 1.82) is 0 Å². The Morgan fingerprint density at radius 3 is 2.68 bits per heavy atom. The molecule has 0 aliphatic rings. The maximum absolute atomic E-state index is 12.1. The Kier molecular flexibility index (Phi) is 4.17. The van der Waals surface area contributed by atoms with E-state index in [0.717, 1.165) is 26.6 Å². The molecule has 0 atom stereocenters. The van der Waals surface area contributed by atoms with Crippen molar-refractivity contribution in [3.63, 3.8) is 0 Å². The lowest BCUT2D eigenvalue weighted by atomic mass is 10.1. The minimum atomic E-state index is 0.0460. The molecular formula is C16H16O2S. The maximum atomic E-state index is 12.1. The number of benzene rings is 1. The molecule has 2 nitrogen and oxygen atoms in total. The van der Waals surface area contributed by atoms with Gasteiger partial charge in [-0.3, -0.25) is 4.79 Å². The molecule has 1 aromatic heterocycles. The summed E-state index contributed by atoms with van der Waals surface area (Å²) in [6.07, 6.45) is 3.43. The zero-order valence-corrected chi connectivity index (χ0v) is 12.1. The Bertz CT molecular complexity index is 623. The van der Waals surface area contributed by atoms with Gasteiger partial charge in [0.05, 0.1) is 7.11 Å². The number of ether oxygens (including phenoxy) is 1. The standard InChI is InChI=1S/C16H16O2S/c1-11-9-15(12(2)19-11)16(17)8-7-13-5-4-6-14(10-13)18-3/h4-10H,1-3H3/b8-7+. The van der Waals surface area contributed by atoms with E-state index in [1.807, 2.05) is 50.3 Å². The molecule has 0 aliphatic heterocycles. The van der Waals surface area contributed by atoms with Crippen LogP contribution in [0.2, 0.25) is 0 Å². The minimum Gasteiger partial charge on any atom is -0.497 e. The first-order chi connectivity index (χ1) is 9.10. The summed E-state index contributed by atoms with van der Waals surface area (Å²) in [4.78, 5) is 14.3. The number of rotatable bonds is 4. The first kappa shape index (κ1) is 13.6. The van der Waals surface area contributed by atoms with Gasteiger partial charge in [0.1, 0.15) is 5.75 Å². The lowest BCUT2D eigenvalue weighted by Gasteiger charge is -1.99. The third-order valence-electron chi connectivity index (χ3n) is 2.83. The average Bonchev–Trinajstić information content (AvgIpc) is 2.75. The second-order valence-corrected chi connectivity index (χ2v) is 5.76.